The molecule has 1 unspecified atom stereocenters. The molecule has 1 N–H and O–H groups in total. The van der Waals surface area contributed by atoms with Crippen molar-refractivity contribution in [1.82, 2.24) is 0 Å². The number of carbonyl (C=O) groups excluding carboxylic acids is 2. The van der Waals surface area contributed by atoms with Crippen LogP contribution in [-0.4, -0.2) is 23.9 Å². The van der Waals surface area contributed by atoms with Crippen LogP contribution >= 0.6 is 11.6 Å². The van der Waals surface area contributed by atoms with Gasteiger partial charge in [0.1, 0.15) is 29.1 Å². The minimum atomic E-state index is -0.920. The molecule has 0 bridgehead atoms. The first-order valence-corrected chi connectivity index (χ1v) is 9.97. The van der Waals surface area contributed by atoms with E-state index in [1.54, 1.807) is 49.4 Å². The SMILES string of the molecule is COc1ccc(/C(O)=C2/C(=O)C(=O)N(c3cccc(C)c3)C2c2ccc(C)o2)cc1Cl. The number of amides is 1. The number of halogens is 1. The van der Waals surface area contributed by atoms with E-state index in [9.17, 15) is 14.7 Å². The van der Waals surface area contributed by atoms with Crippen molar-refractivity contribution in [1.29, 1.82) is 0 Å². The van der Waals surface area contributed by atoms with Crippen molar-refractivity contribution in [2.75, 3.05) is 12.0 Å². The second kappa shape index (κ2) is 7.96. The lowest BCUT2D eigenvalue weighted by atomic mass is 9.99. The van der Waals surface area contributed by atoms with Crippen LogP contribution in [0.3, 0.4) is 0 Å². The first-order chi connectivity index (χ1) is 14.8. The molecule has 1 fully saturated rings. The number of aliphatic hydroxyl groups is 1. The van der Waals surface area contributed by atoms with E-state index in [0.29, 0.717) is 28.5 Å². The Balaban J connectivity index is 1.93. The highest BCUT2D eigenvalue weighted by Crippen LogP contribution is 2.43. The largest absolute Gasteiger partial charge is 0.507 e. The summed E-state index contributed by atoms with van der Waals surface area (Å²) in [6.07, 6.45) is 0. The Morgan fingerprint density at radius 2 is 1.87 bits per heavy atom. The van der Waals surface area contributed by atoms with E-state index >= 15 is 0 Å². The van der Waals surface area contributed by atoms with Gasteiger partial charge >= 0.3 is 0 Å². The van der Waals surface area contributed by atoms with Gasteiger partial charge < -0.3 is 14.3 Å². The van der Waals surface area contributed by atoms with Gasteiger partial charge in [-0.25, -0.2) is 0 Å². The number of ketones is 1. The first kappa shape index (κ1) is 20.8. The Morgan fingerprint density at radius 3 is 2.48 bits per heavy atom. The number of furan rings is 1. The molecule has 4 rings (SSSR count). The summed E-state index contributed by atoms with van der Waals surface area (Å²) in [7, 11) is 1.48. The average molecular weight is 438 g/mol. The highest BCUT2D eigenvalue weighted by molar-refractivity contribution is 6.51. The number of anilines is 1. The minimum absolute atomic E-state index is 0.0675. The van der Waals surface area contributed by atoms with Crippen molar-refractivity contribution >= 4 is 34.7 Å². The van der Waals surface area contributed by atoms with Crippen molar-refractivity contribution in [3.63, 3.8) is 0 Å². The van der Waals surface area contributed by atoms with E-state index in [-0.39, 0.29) is 16.4 Å². The fourth-order valence-corrected chi connectivity index (χ4v) is 3.97. The lowest BCUT2D eigenvalue weighted by molar-refractivity contribution is -0.132. The monoisotopic (exact) mass is 437 g/mol. The van der Waals surface area contributed by atoms with Crippen LogP contribution in [0.1, 0.15) is 28.7 Å². The minimum Gasteiger partial charge on any atom is -0.507 e. The molecule has 1 amide bonds. The molecule has 0 spiro atoms. The standard InChI is InChI=1S/C24H20ClNO5/c1-13-5-4-6-16(11-13)26-21(19-9-7-14(2)31-19)20(23(28)24(26)29)22(27)15-8-10-18(30-3)17(25)12-15/h4-12,21,27H,1-3H3/b22-20-. The summed E-state index contributed by atoms with van der Waals surface area (Å²) in [6.45, 7) is 3.66. The number of aryl methyl sites for hydroxylation is 2. The van der Waals surface area contributed by atoms with Crippen molar-refractivity contribution in [3.05, 3.63) is 87.8 Å². The van der Waals surface area contributed by atoms with Crippen molar-refractivity contribution < 1.29 is 23.8 Å². The molecule has 1 aliphatic heterocycles. The zero-order chi connectivity index (χ0) is 22.3. The molecule has 1 atom stereocenters. The molecule has 31 heavy (non-hydrogen) atoms. The summed E-state index contributed by atoms with van der Waals surface area (Å²) in [5.41, 5.74) is 1.69. The summed E-state index contributed by atoms with van der Waals surface area (Å²) in [5.74, 6) is -0.457. The van der Waals surface area contributed by atoms with Gasteiger partial charge in [-0.2, -0.15) is 0 Å². The molecule has 3 aromatic rings. The number of rotatable bonds is 4. The van der Waals surface area contributed by atoms with Gasteiger partial charge in [-0.1, -0.05) is 23.7 Å². The van der Waals surface area contributed by atoms with Gasteiger partial charge in [-0.3, -0.25) is 14.5 Å². The summed E-state index contributed by atoms with van der Waals surface area (Å²) in [6, 6.07) is 14.4. The van der Waals surface area contributed by atoms with Gasteiger partial charge in [-0.05, 0) is 61.9 Å². The smallest absolute Gasteiger partial charge is 0.300 e. The summed E-state index contributed by atoms with van der Waals surface area (Å²) in [5, 5.41) is 11.4. The van der Waals surface area contributed by atoms with Crippen LogP contribution in [0.4, 0.5) is 5.69 Å². The molecule has 6 nitrogen and oxygen atoms in total. The van der Waals surface area contributed by atoms with E-state index in [2.05, 4.69) is 0 Å². The van der Waals surface area contributed by atoms with E-state index in [1.165, 1.54) is 18.1 Å². The number of aliphatic hydroxyl groups excluding tert-OH is 1. The van der Waals surface area contributed by atoms with E-state index in [1.807, 2.05) is 13.0 Å². The normalized spacial score (nSPS) is 17.9. The number of methoxy groups -OCH3 is 1. The number of benzene rings is 2. The summed E-state index contributed by atoms with van der Waals surface area (Å²) >= 11 is 6.20. The van der Waals surface area contributed by atoms with Gasteiger partial charge in [0.25, 0.3) is 11.7 Å². The van der Waals surface area contributed by atoms with Crippen LogP contribution < -0.4 is 9.64 Å². The molecule has 0 radical (unpaired) electrons. The van der Waals surface area contributed by atoms with Crippen LogP contribution in [0.2, 0.25) is 5.02 Å². The van der Waals surface area contributed by atoms with Gasteiger partial charge in [0.15, 0.2) is 0 Å². The molecule has 158 valence electrons. The van der Waals surface area contributed by atoms with Crippen molar-refractivity contribution in [2.45, 2.75) is 19.9 Å². The maximum Gasteiger partial charge on any atom is 0.300 e. The van der Waals surface area contributed by atoms with Gasteiger partial charge in [0, 0.05) is 11.3 Å². The summed E-state index contributed by atoms with van der Waals surface area (Å²) < 4.78 is 10.9. The zero-order valence-corrected chi connectivity index (χ0v) is 17.9. The number of nitrogens with zero attached hydrogens (tertiary/aromatic N) is 1. The highest BCUT2D eigenvalue weighted by atomic mass is 35.5. The fraction of sp³-hybridized carbons (Fsp3) is 0.167. The van der Waals surface area contributed by atoms with Gasteiger partial charge in [0.05, 0.1) is 17.7 Å². The first-order valence-electron chi connectivity index (χ1n) is 9.59. The zero-order valence-electron chi connectivity index (χ0n) is 17.2. The average Bonchev–Trinajstić information content (AvgIpc) is 3.28. The van der Waals surface area contributed by atoms with Gasteiger partial charge in [-0.15, -0.1) is 0 Å². The van der Waals surface area contributed by atoms with Crippen LogP contribution in [0.25, 0.3) is 5.76 Å². The number of carbonyl (C=O) groups is 2. The van der Waals surface area contributed by atoms with E-state index < -0.39 is 17.7 Å². The molecule has 0 saturated carbocycles. The molecule has 2 aromatic carbocycles. The number of hydrogen-bond acceptors (Lipinski definition) is 5. The maximum absolute atomic E-state index is 13.1. The predicted molar refractivity (Wildman–Crippen MR) is 117 cm³/mol. The predicted octanol–water partition coefficient (Wildman–Crippen LogP) is 5.18. The van der Waals surface area contributed by atoms with E-state index in [0.717, 1.165) is 5.56 Å². The Kier molecular flexibility index (Phi) is 5.33. The fourth-order valence-electron chi connectivity index (χ4n) is 3.72. The lowest BCUT2D eigenvalue weighted by Crippen LogP contribution is -2.29. The maximum atomic E-state index is 13.1. The number of Topliss-reactive ketones (excluding diaryl/α,β-unsaturated/α-hetero) is 1. The van der Waals surface area contributed by atoms with Crippen molar-refractivity contribution in [2.24, 2.45) is 0 Å². The Bertz CT molecular complexity index is 1230. The van der Waals surface area contributed by atoms with Gasteiger partial charge in [0.2, 0.25) is 0 Å². The summed E-state index contributed by atoms with van der Waals surface area (Å²) in [4.78, 5) is 27.5. The molecule has 0 aliphatic carbocycles. The quantitative estimate of drug-likeness (QED) is 0.345. The third-order valence-electron chi connectivity index (χ3n) is 5.18. The van der Waals surface area contributed by atoms with Crippen molar-refractivity contribution in [3.8, 4) is 5.75 Å². The van der Waals surface area contributed by atoms with Crippen LogP contribution in [0.15, 0.2) is 64.6 Å². The number of hydrogen-bond donors (Lipinski definition) is 1. The Labute approximate surface area is 184 Å². The van der Waals surface area contributed by atoms with Crippen LogP contribution in [-0.2, 0) is 9.59 Å². The van der Waals surface area contributed by atoms with Crippen LogP contribution in [0.5, 0.6) is 5.75 Å². The molecule has 1 saturated heterocycles. The Morgan fingerprint density at radius 1 is 1.10 bits per heavy atom. The van der Waals surface area contributed by atoms with E-state index in [4.69, 9.17) is 20.8 Å². The molecule has 1 aromatic heterocycles. The number of ether oxygens (including phenoxy) is 1. The topological polar surface area (TPSA) is 80.0 Å². The molecule has 2 heterocycles. The molecular formula is C24H20ClNO5. The molecular weight excluding hydrogens is 418 g/mol. The van der Waals surface area contributed by atoms with Crippen LogP contribution in [0, 0.1) is 13.8 Å². The third-order valence-corrected chi connectivity index (χ3v) is 5.48. The molecule has 7 heteroatoms. The second-order valence-electron chi connectivity index (χ2n) is 7.31. The third kappa shape index (κ3) is 3.59. The molecule has 1 aliphatic rings. The second-order valence-corrected chi connectivity index (χ2v) is 7.71. The lowest BCUT2D eigenvalue weighted by Gasteiger charge is -2.23. The Hall–Kier alpha value is -3.51. The highest BCUT2D eigenvalue weighted by Gasteiger charge is 2.48.